The molecule has 1 aliphatic carbocycles. The number of nitrogens with one attached hydrogen (secondary N) is 2. The Morgan fingerprint density at radius 1 is 1.10 bits per heavy atom. The van der Waals surface area contributed by atoms with Crippen molar-refractivity contribution in [3.8, 4) is 0 Å². The molecule has 0 radical (unpaired) electrons. The summed E-state index contributed by atoms with van der Waals surface area (Å²) in [4.78, 5) is 27.5. The van der Waals surface area contributed by atoms with Crippen molar-refractivity contribution in [3.05, 3.63) is 57.5 Å². The zero-order valence-corrected chi connectivity index (χ0v) is 18.5. The number of hydrogen-bond acceptors (Lipinski definition) is 6. The number of amides is 2. The Labute approximate surface area is 186 Å². The smallest absolute Gasteiger partial charge is 0.301 e. The fourth-order valence-electron chi connectivity index (χ4n) is 3.93. The van der Waals surface area contributed by atoms with Gasteiger partial charge in [0.25, 0.3) is 5.91 Å². The first-order valence-electron chi connectivity index (χ1n) is 10.4. The molecule has 2 aliphatic rings. The summed E-state index contributed by atoms with van der Waals surface area (Å²) in [5, 5.41) is 6.64. The molecule has 1 aromatic heterocycles. The number of hydrogen-bond donors (Lipinski definition) is 2. The number of likely N-dealkylation sites (N-methyl/N-ethyl adjacent to an activating group) is 1. The van der Waals surface area contributed by atoms with Crippen molar-refractivity contribution < 1.29 is 14.0 Å². The van der Waals surface area contributed by atoms with Crippen LogP contribution in [0.25, 0.3) is 0 Å². The van der Waals surface area contributed by atoms with Gasteiger partial charge in [0.1, 0.15) is 5.76 Å². The van der Waals surface area contributed by atoms with Gasteiger partial charge in [0.05, 0.1) is 16.3 Å². The Hall–Kier alpha value is -2.68. The molecule has 1 fully saturated rings. The molecule has 164 valence electrons. The second-order valence-corrected chi connectivity index (χ2v) is 8.33. The quantitative estimate of drug-likeness (QED) is 0.709. The van der Waals surface area contributed by atoms with Crippen molar-refractivity contribution in [1.82, 2.24) is 20.8 Å². The number of fused-ring (bicyclic) bond motifs is 1. The molecule has 4 rings (SSSR count). The minimum atomic E-state index is -0.376. The highest BCUT2D eigenvalue weighted by Crippen LogP contribution is 2.30. The van der Waals surface area contributed by atoms with Gasteiger partial charge < -0.3 is 9.32 Å². The number of nitrogens with zero attached hydrogens (tertiary/aromatic N) is 3. The van der Waals surface area contributed by atoms with Crippen molar-refractivity contribution >= 4 is 29.1 Å². The Balaban J connectivity index is 1.51. The van der Waals surface area contributed by atoms with E-state index in [4.69, 9.17) is 16.0 Å². The molecule has 1 aromatic carbocycles. The summed E-state index contributed by atoms with van der Waals surface area (Å²) in [6.45, 7) is 5.19. The van der Waals surface area contributed by atoms with Crippen LogP contribution in [0.3, 0.4) is 0 Å². The number of furan rings is 1. The van der Waals surface area contributed by atoms with Gasteiger partial charge in [-0.2, -0.15) is 5.10 Å². The lowest BCUT2D eigenvalue weighted by Gasteiger charge is -2.32. The molecule has 2 aromatic rings. The van der Waals surface area contributed by atoms with E-state index in [0.717, 1.165) is 55.9 Å². The summed E-state index contributed by atoms with van der Waals surface area (Å²) in [5.74, 6) is 0.407. The Bertz CT molecular complexity index is 1020. The molecule has 1 saturated heterocycles. The molecular formula is C22H26ClN5O3. The van der Waals surface area contributed by atoms with E-state index in [1.807, 2.05) is 11.9 Å². The highest BCUT2D eigenvalue weighted by molar-refractivity contribution is 6.33. The first kappa shape index (κ1) is 21.5. The van der Waals surface area contributed by atoms with Crippen LogP contribution in [0.5, 0.6) is 0 Å². The van der Waals surface area contributed by atoms with Gasteiger partial charge in [0, 0.05) is 43.7 Å². The van der Waals surface area contributed by atoms with Crippen molar-refractivity contribution in [1.29, 1.82) is 0 Å². The third-order valence-electron chi connectivity index (χ3n) is 5.71. The third kappa shape index (κ3) is 4.66. The minimum absolute atomic E-state index is 0.254. The van der Waals surface area contributed by atoms with Crippen LogP contribution >= 0.6 is 11.6 Å². The van der Waals surface area contributed by atoms with Crippen molar-refractivity contribution in [3.63, 3.8) is 0 Å². The molecule has 1 aliphatic heterocycles. The molecule has 2 heterocycles. The predicted molar refractivity (Wildman–Crippen MR) is 118 cm³/mol. The van der Waals surface area contributed by atoms with E-state index in [1.54, 1.807) is 24.3 Å². The summed E-state index contributed by atoms with van der Waals surface area (Å²) < 4.78 is 5.94. The van der Waals surface area contributed by atoms with Crippen LogP contribution in [0.15, 0.2) is 33.8 Å². The third-order valence-corrected chi connectivity index (χ3v) is 6.04. The van der Waals surface area contributed by atoms with E-state index in [-0.39, 0.29) is 11.8 Å². The molecule has 8 nitrogen and oxygen atoms in total. The Kier molecular flexibility index (Phi) is 6.41. The molecule has 0 saturated carbocycles. The van der Waals surface area contributed by atoms with Gasteiger partial charge in [0.15, 0.2) is 5.76 Å². The first-order valence-corrected chi connectivity index (χ1v) is 10.8. The number of benzene rings is 1. The standard InChI is InChI=1S/C22H26ClN5O3/c1-14-19-17(24-25-21(29)15-6-3-4-7-16(15)23)8-5-9-18(19)31-20(14)22(30)26-28-12-10-27(2)11-13-28/h3-4,6-7H,5,8-13H2,1-2H3,(H,25,29)(H,26,30)/b24-17+. The number of aryl methyl sites for hydroxylation is 1. The van der Waals surface area contributed by atoms with E-state index in [1.165, 1.54) is 0 Å². The van der Waals surface area contributed by atoms with Crippen molar-refractivity contribution in [2.24, 2.45) is 5.10 Å². The predicted octanol–water partition coefficient (Wildman–Crippen LogP) is 2.60. The fourth-order valence-corrected chi connectivity index (χ4v) is 4.15. The Morgan fingerprint density at radius 3 is 2.58 bits per heavy atom. The zero-order chi connectivity index (χ0) is 22.0. The van der Waals surface area contributed by atoms with E-state index in [2.05, 4.69) is 27.9 Å². The van der Waals surface area contributed by atoms with Crippen LogP contribution < -0.4 is 10.9 Å². The number of hydrazone groups is 1. The van der Waals surface area contributed by atoms with Crippen LogP contribution in [0.4, 0.5) is 0 Å². The van der Waals surface area contributed by atoms with E-state index in [0.29, 0.717) is 28.5 Å². The molecule has 2 N–H and O–H groups in total. The average molecular weight is 444 g/mol. The second-order valence-electron chi connectivity index (χ2n) is 7.92. The van der Waals surface area contributed by atoms with Crippen LogP contribution in [-0.4, -0.2) is 60.7 Å². The van der Waals surface area contributed by atoms with Crippen LogP contribution in [0.2, 0.25) is 5.02 Å². The van der Waals surface area contributed by atoms with E-state index < -0.39 is 0 Å². The Morgan fingerprint density at radius 2 is 1.84 bits per heavy atom. The van der Waals surface area contributed by atoms with Gasteiger partial charge in [-0.1, -0.05) is 23.7 Å². The highest BCUT2D eigenvalue weighted by Gasteiger charge is 2.29. The van der Waals surface area contributed by atoms with Gasteiger partial charge in [-0.3, -0.25) is 15.0 Å². The lowest BCUT2D eigenvalue weighted by Crippen LogP contribution is -2.52. The second kappa shape index (κ2) is 9.21. The molecule has 0 spiro atoms. The van der Waals surface area contributed by atoms with Crippen LogP contribution in [0, 0.1) is 6.92 Å². The van der Waals surface area contributed by atoms with Gasteiger partial charge in [-0.05, 0) is 38.9 Å². The summed E-state index contributed by atoms with van der Waals surface area (Å²) >= 11 is 6.10. The van der Waals surface area contributed by atoms with Crippen molar-refractivity contribution in [2.45, 2.75) is 26.2 Å². The number of piperazine rings is 1. The lowest BCUT2D eigenvalue weighted by molar-refractivity contribution is 0.0634. The van der Waals surface area contributed by atoms with E-state index >= 15 is 0 Å². The number of halogens is 1. The maximum Gasteiger partial charge on any atom is 0.301 e. The van der Waals surface area contributed by atoms with E-state index in [9.17, 15) is 9.59 Å². The maximum absolute atomic E-state index is 12.8. The number of rotatable bonds is 4. The highest BCUT2D eigenvalue weighted by atomic mass is 35.5. The van der Waals surface area contributed by atoms with Crippen molar-refractivity contribution in [2.75, 3.05) is 33.2 Å². The number of carbonyl (C=O) groups excluding carboxylic acids is 2. The van der Waals surface area contributed by atoms with Gasteiger partial charge in [-0.15, -0.1) is 0 Å². The summed E-state index contributed by atoms with van der Waals surface area (Å²) in [7, 11) is 2.06. The average Bonchev–Trinajstić information content (AvgIpc) is 3.11. The molecule has 0 bridgehead atoms. The largest absolute Gasteiger partial charge is 0.455 e. The molecule has 0 atom stereocenters. The molecule has 9 heteroatoms. The monoisotopic (exact) mass is 443 g/mol. The van der Waals surface area contributed by atoms with Gasteiger partial charge in [-0.25, -0.2) is 10.4 Å². The topological polar surface area (TPSA) is 90.2 Å². The molecule has 31 heavy (non-hydrogen) atoms. The lowest BCUT2D eigenvalue weighted by atomic mass is 9.93. The zero-order valence-electron chi connectivity index (χ0n) is 17.7. The molecule has 0 unspecified atom stereocenters. The fraction of sp³-hybridized carbons (Fsp3) is 0.409. The molecule has 2 amide bonds. The summed E-state index contributed by atoms with van der Waals surface area (Å²) in [5.41, 5.74) is 8.17. The van der Waals surface area contributed by atoms with Gasteiger partial charge in [0.2, 0.25) is 0 Å². The SMILES string of the molecule is Cc1c(C(=O)NN2CCN(C)CC2)oc2c1/C(=N/NC(=O)c1ccccc1Cl)CCC2. The van der Waals surface area contributed by atoms with Gasteiger partial charge >= 0.3 is 5.91 Å². The first-order chi connectivity index (χ1) is 14.9. The summed E-state index contributed by atoms with van der Waals surface area (Å²) in [6.07, 6.45) is 2.26. The minimum Gasteiger partial charge on any atom is -0.455 e. The molecular weight excluding hydrogens is 418 g/mol. The summed E-state index contributed by atoms with van der Waals surface area (Å²) in [6, 6.07) is 6.82. The number of carbonyl (C=O) groups is 2. The normalized spacial score (nSPS) is 18.6. The maximum atomic E-state index is 12.8. The number of hydrazine groups is 1. The van der Waals surface area contributed by atoms with Crippen LogP contribution in [-0.2, 0) is 6.42 Å². The van der Waals surface area contributed by atoms with Crippen LogP contribution in [0.1, 0.15) is 50.6 Å².